The highest BCUT2D eigenvalue weighted by Gasteiger charge is 2.06. The van der Waals surface area contributed by atoms with Gasteiger partial charge in [0.05, 0.1) is 6.61 Å². The molecule has 0 heterocycles. The summed E-state index contributed by atoms with van der Waals surface area (Å²) in [6.45, 7) is 1.97. The number of hydrogen-bond acceptors (Lipinski definition) is 2. The van der Waals surface area contributed by atoms with E-state index in [2.05, 4.69) is 54.6 Å². The summed E-state index contributed by atoms with van der Waals surface area (Å²) in [5.41, 5.74) is 1.37. The molecule has 0 radical (unpaired) electrons. The maximum Gasteiger partial charge on any atom is 0.302 e. The molecule has 0 bridgehead atoms. The second-order valence-electron chi connectivity index (χ2n) is 5.60. The molecular weight excluding hydrogens is 272 g/mol. The maximum atomic E-state index is 10.8. The van der Waals surface area contributed by atoms with Crippen molar-refractivity contribution in [3.05, 3.63) is 60.2 Å². The molecule has 0 aliphatic heterocycles. The summed E-state index contributed by atoms with van der Waals surface area (Å²) in [6.07, 6.45) is 2.93. The minimum atomic E-state index is -0.198. The zero-order chi connectivity index (χ0) is 15.4. The average Bonchev–Trinajstić information content (AvgIpc) is 2.54. The number of benzene rings is 3. The van der Waals surface area contributed by atoms with E-state index in [-0.39, 0.29) is 5.97 Å². The van der Waals surface area contributed by atoms with Gasteiger partial charge in [0, 0.05) is 6.92 Å². The molecule has 0 aromatic heterocycles. The minimum Gasteiger partial charge on any atom is -0.466 e. The Labute approximate surface area is 130 Å². The molecule has 0 aliphatic carbocycles. The fraction of sp³-hybridized carbons (Fsp3) is 0.250. The molecule has 0 fully saturated rings. The van der Waals surface area contributed by atoms with Crippen LogP contribution in [-0.2, 0) is 16.0 Å². The first-order valence-corrected chi connectivity index (χ1v) is 7.78. The number of ether oxygens (including phenoxy) is 1. The average molecular weight is 292 g/mol. The predicted molar refractivity (Wildman–Crippen MR) is 91.0 cm³/mol. The lowest BCUT2D eigenvalue weighted by Crippen LogP contribution is -2.01. The van der Waals surface area contributed by atoms with Crippen molar-refractivity contribution in [2.75, 3.05) is 6.61 Å². The molecule has 0 amide bonds. The van der Waals surface area contributed by atoms with Crippen LogP contribution in [0.3, 0.4) is 0 Å². The van der Waals surface area contributed by atoms with Crippen LogP contribution in [0.4, 0.5) is 0 Å². The number of aryl methyl sites for hydroxylation is 1. The number of carbonyl (C=O) groups is 1. The van der Waals surface area contributed by atoms with Crippen molar-refractivity contribution in [1.82, 2.24) is 0 Å². The maximum absolute atomic E-state index is 10.8. The Bertz CT molecular complexity index is 805. The number of unbranched alkanes of at least 4 members (excludes halogenated alkanes) is 1. The molecule has 2 heteroatoms. The van der Waals surface area contributed by atoms with E-state index in [0.717, 1.165) is 19.3 Å². The van der Waals surface area contributed by atoms with Gasteiger partial charge in [0.1, 0.15) is 0 Å². The van der Waals surface area contributed by atoms with E-state index < -0.39 is 0 Å². The van der Waals surface area contributed by atoms with Crippen LogP contribution in [0.5, 0.6) is 0 Å². The Morgan fingerprint density at radius 2 is 1.59 bits per heavy atom. The van der Waals surface area contributed by atoms with Crippen LogP contribution >= 0.6 is 0 Å². The van der Waals surface area contributed by atoms with Crippen molar-refractivity contribution >= 4 is 27.5 Å². The molecule has 0 spiro atoms. The van der Waals surface area contributed by atoms with Gasteiger partial charge in [-0.1, -0.05) is 54.6 Å². The number of rotatable bonds is 5. The third-order valence-electron chi connectivity index (χ3n) is 4.00. The molecule has 3 aromatic carbocycles. The first kappa shape index (κ1) is 14.6. The molecule has 0 saturated carbocycles. The summed E-state index contributed by atoms with van der Waals surface area (Å²) >= 11 is 0. The predicted octanol–water partition coefficient (Wildman–Crippen LogP) is 4.88. The summed E-state index contributed by atoms with van der Waals surface area (Å²) in [7, 11) is 0. The standard InChI is InChI=1S/C20H20O2/c1-15(21)22-13-7-6-9-17-14-16-8-2-3-10-18(16)20-12-5-4-11-19(17)20/h2-5,8,10-12,14H,6-7,9,13H2,1H3. The Balaban J connectivity index is 1.86. The fourth-order valence-electron chi connectivity index (χ4n) is 2.97. The Morgan fingerprint density at radius 1 is 0.909 bits per heavy atom. The van der Waals surface area contributed by atoms with Crippen LogP contribution in [0.15, 0.2) is 54.6 Å². The fourth-order valence-corrected chi connectivity index (χ4v) is 2.97. The summed E-state index contributed by atoms with van der Waals surface area (Å²) in [5, 5.41) is 5.24. The van der Waals surface area contributed by atoms with Crippen molar-refractivity contribution in [1.29, 1.82) is 0 Å². The highest BCUT2D eigenvalue weighted by Crippen LogP contribution is 2.29. The lowest BCUT2D eigenvalue weighted by atomic mass is 9.95. The van der Waals surface area contributed by atoms with Crippen LogP contribution in [0, 0.1) is 0 Å². The van der Waals surface area contributed by atoms with Gasteiger partial charge in [0.15, 0.2) is 0 Å². The molecule has 0 N–H and O–H groups in total. The smallest absolute Gasteiger partial charge is 0.302 e. The highest BCUT2D eigenvalue weighted by molar-refractivity contribution is 6.08. The second kappa shape index (κ2) is 6.61. The Kier molecular flexibility index (Phi) is 4.38. The zero-order valence-corrected chi connectivity index (χ0v) is 12.8. The summed E-state index contributed by atoms with van der Waals surface area (Å²) in [5.74, 6) is -0.198. The lowest BCUT2D eigenvalue weighted by molar-refractivity contribution is -0.141. The first-order valence-electron chi connectivity index (χ1n) is 7.78. The topological polar surface area (TPSA) is 26.3 Å². The molecule has 0 atom stereocenters. The van der Waals surface area contributed by atoms with E-state index in [0.29, 0.717) is 6.61 Å². The number of esters is 1. The van der Waals surface area contributed by atoms with E-state index in [1.165, 1.54) is 34.0 Å². The molecule has 3 rings (SSSR count). The minimum absolute atomic E-state index is 0.198. The third-order valence-corrected chi connectivity index (χ3v) is 4.00. The van der Waals surface area contributed by atoms with Crippen LogP contribution in [0.1, 0.15) is 25.3 Å². The van der Waals surface area contributed by atoms with E-state index >= 15 is 0 Å². The van der Waals surface area contributed by atoms with Crippen molar-refractivity contribution < 1.29 is 9.53 Å². The van der Waals surface area contributed by atoms with Gasteiger partial charge in [-0.15, -0.1) is 0 Å². The van der Waals surface area contributed by atoms with Gasteiger partial charge in [-0.25, -0.2) is 0 Å². The Morgan fingerprint density at radius 3 is 2.36 bits per heavy atom. The van der Waals surface area contributed by atoms with Gasteiger partial charge in [-0.05, 0) is 46.4 Å². The van der Waals surface area contributed by atoms with Gasteiger partial charge < -0.3 is 4.74 Å². The summed E-state index contributed by atoms with van der Waals surface area (Å²) < 4.78 is 5.00. The van der Waals surface area contributed by atoms with Crippen LogP contribution in [0.25, 0.3) is 21.5 Å². The van der Waals surface area contributed by atoms with Crippen molar-refractivity contribution in [3.8, 4) is 0 Å². The molecule has 2 nitrogen and oxygen atoms in total. The molecule has 22 heavy (non-hydrogen) atoms. The second-order valence-corrected chi connectivity index (χ2v) is 5.60. The quantitative estimate of drug-likeness (QED) is 0.380. The van der Waals surface area contributed by atoms with Crippen LogP contribution < -0.4 is 0 Å². The van der Waals surface area contributed by atoms with Gasteiger partial charge in [-0.3, -0.25) is 4.79 Å². The van der Waals surface area contributed by atoms with Crippen molar-refractivity contribution in [2.45, 2.75) is 26.2 Å². The monoisotopic (exact) mass is 292 g/mol. The molecular formula is C20H20O2. The number of carbonyl (C=O) groups excluding carboxylic acids is 1. The van der Waals surface area contributed by atoms with Gasteiger partial charge in [0.2, 0.25) is 0 Å². The first-order chi connectivity index (χ1) is 10.8. The normalized spacial score (nSPS) is 11.0. The largest absolute Gasteiger partial charge is 0.466 e. The molecule has 0 aliphatic rings. The highest BCUT2D eigenvalue weighted by atomic mass is 16.5. The third kappa shape index (κ3) is 3.11. The molecule has 0 unspecified atom stereocenters. The zero-order valence-electron chi connectivity index (χ0n) is 12.8. The van der Waals surface area contributed by atoms with E-state index in [1.54, 1.807) is 0 Å². The van der Waals surface area contributed by atoms with E-state index in [1.807, 2.05) is 0 Å². The van der Waals surface area contributed by atoms with Gasteiger partial charge in [-0.2, -0.15) is 0 Å². The summed E-state index contributed by atoms with van der Waals surface area (Å²) in [6, 6.07) is 19.4. The van der Waals surface area contributed by atoms with Crippen molar-refractivity contribution in [3.63, 3.8) is 0 Å². The molecule has 112 valence electrons. The molecule has 3 aromatic rings. The SMILES string of the molecule is CC(=O)OCCCCc1cc2ccccc2c2ccccc12. The van der Waals surface area contributed by atoms with E-state index in [4.69, 9.17) is 4.74 Å². The van der Waals surface area contributed by atoms with Crippen molar-refractivity contribution in [2.24, 2.45) is 0 Å². The molecule has 0 saturated heterocycles. The lowest BCUT2D eigenvalue weighted by Gasteiger charge is -2.10. The van der Waals surface area contributed by atoms with Gasteiger partial charge >= 0.3 is 5.97 Å². The van der Waals surface area contributed by atoms with Crippen LogP contribution in [0.2, 0.25) is 0 Å². The summed E-state index contributed by atoms with van der Waals surface area (Å²) in [4.78, 5) is 10.8. The Hall–Kier alpha value is -2.35. The van der Waals surface area contributed by atoms with Crippen LogP contribution in [-0.4, -0.2) is 12.6 Å². The number of fused-ring (bicyclic) bond motifs is 3. The number of hydrogen-bond donors (Lipinski definition) is 0. The van der Waals surface area contributed by atoms with E-state index in [9.17, 15) is 4.79 Å². The van der Waals surface area contributed by atoms with Gasteiger partial charge in [0.25, 0.3) is 0 Å².